The molecule has 1 aliphatic rings. The zero-order valence-electron chi connectivity index (χ0n) is 11.7. The van der Waals surface area contributed by atoms with Crippen LogP contribution in [-0.4, -0.2) is 44.0 Å². The van der Waals surface area contributed by atoms with E-state index >= 15 is 0 Å². The number of pyridine rings is 1. The number of aromatic nitrogens is 1. The molecule has 2 heterocycles. The molecule has 0 aromatic carbocycles. The van der Waals surface area contributed by atoms with Gasteiger partial charge in [-0.25, -0.2) is 8.42 Å². The molecule has 1 saturated heterocycles. The van der Waals surface area contributed by atoms with Crippen LogP contribution in [0.4, 0.5) is 0 Å². The van der Waals surface area contributed by atoms with Crippen molar-refractivity contribution < 1.29 is 13.2 Å². The monoisotopic (exact) mass is 299 g/mol. The van der Waals surface area contributed by atoms with Gasteiger partial charge >= 0.3 is 0 Å². The highest BCUT2D eigenvalue weighted by Crippen LogP contribution is 2.20. The third-order valence-corrected chi connectivity index (χ3v) is 5.36. The minimum Gasteiger partial charge on any atom is -0.377 e. The summed E-state index contributed by atoms with van der Waals surface area (Å²) >= 11 is 0. The number of sulfonamides is 1. The minimum atomic E-state index is -3.57. The molecule has 0 spiro atoms. The van der Waals surface area contributed by atoms with Crippen molar-refractivity contribution in [3.05, 3.63) is 24.0 Å². The van der Waals surface area contributed by atoms with Crippen LogP contribution in [0, 0.1) is 0 Å². The summed E-state index contributed by atoms with van der Waals surface area (Å²) in [4.78, 5) is 4.21. The standard InChI is InChI=1S/C13H21N3O3S/c1-16(10-11-5-2-3-8-19-11)20(17,18)13-6-4-7-15-12(13)9-14/h4,6-7,11H,2-3,5,8-10,14H2,1H3. The number of nitrogens with two attached hydrogens (primary N) is 1. The van der Waals surface area contributed by atoms with Crippen LogP contribution in [0.5, 0.6) is 0 Å². The van der Waals surface area contributed by atoms with Crippen LogP contribution in [0.15, 0.2) is 23.2 Å². The van der Waals surface area contributed by atoms with Gasteiger partial charge in [0.1, 0.15) is 4.90 Å². The molecule has 0 amide bonds. The van der Waals surface area contributed by atoms with Crippen LogP contribution in [0.25, 0.3) is 0 Å². The van der Waals surface area contributed by atoms with Crippen LogP contribution in [0.1, 0.15) is 25.0 Å². The molecule has 0 saturated carbocycles. The van der Waals surface area contributed by atoms with Gasteiger partial charge in [-0.3, -0.25) is 4.98 Å². The number of hydrogen-bond acceptors (Lipinski definition) is 5. The zero-order valence-corrected chi connectivity index (χ0v) is 12.5. The van der Waals surface area contributed by atoms with Gasteiger partial charge < -0.3 is 10.5 Å². The highest BCUT2D eigenvalue weighted by atomic mass is 32.2. The molecule has 1 fully saturated rings. The molecule has 0 bridgehead atoms. The summed E-state index contributed by atoms with van der Waals surface area (Å²) in [6.45, 7) is 1.17. The lowest BCUT2D eigenvalue weighted by molar-refractivity contribution is 0.00858. The van der Waals surface area contributed by atoms with Crippen LogP contribution < -0.4 is 5.73 Å². The summed E-state index contributed by atoms with van der Waals surface area (Å²) in [5, 5.41) is 0. The van der Waals surface area contributed by atoms with Crippen molar-refractivity contribution in [3.63, 3.8) is 0 Å². The summed E-state index contributed by atoms with van der Waals surface area (Å²) in [7, 11) is -2.00. The molecule has 6 nitrogen and oxygen atoms in total. The van der Waals surface area contributed by atoms with Crippen molar-refractivity contribution in [2.75, 3.05) is 20.2 Å². The quantitative estimate of drug-likeness (QED) is 0.866. The van der Waals surface area contributed by atoms with Gasteiger partial charge in [-0.2, -0.15) is 4.31 Å². The molecule has 20 heavy (non-hydrogen) atoms. The van der Waals surface area contributed by atoms with Crippen LogP contribution in [0.2, 0.25) is 0 Å². The molecule has 1 aromatic rings. The maximum atomic E-state index is 12.6. The van der Waals surface area contributed by atoms with Gasteiger partial charge in [0.25, 0.3) is 0 Å². The van der Waals surface area contributed by atoms with Crippen molar-refractivity contribution in [2.45, 2.75) is 36.8 Å². The Morgan fingerprint density at radius 2 is 2.30 bits per heavy atom. The Bertz CT molecular complexity index is 542. The Hall–Kier alpha value is -1.02. The number of likely N-dealkylation sites (N-methyl/N-ethyl adjacent to an activating group) is 1. The molecule has 2 rings (SSSR count). The number of nitrogens with zero attached hydrogens (tertiary/aromatic N) is 2. The molecule has 1 unspecified atom stereocenters. The predicted octanol–water partition coefficient (Wildman–Crippen LogP) is 0.730. The van der Waals surface area contributed by atoms with Crippen molar-refractivity contribution in [1.82, 2.24) is 9.29 Å². The lowest BCUT2D eigenvalue weighted by Crippen LogP contribution is -2.37. The van der Waals surface area contributed by atoms with Gasteiger partial charge in [0, 0.05) is 32.9 Å². The van der Waals surface area contributed by atoms with E-state index in [0.29, 0.717) is 18.8 Å². The Balaban J connectivity index is 2.16. The summed E-state index contributed by atoms with van der Waals surface area (Å²) in [5.74, 6) is 0. The average molecular weight is 299 g/mol. The second-order valence-electron chi connectivity index (χ2n) is 4.93. The average Bonchev–Trinajstić information content (AvgIpc) is 2.48. The number of rotatable bonds is 5. The maximum absolute atomic E-state index is 12.6. The van der Waals surface area contributed by atoms with Crippen LogP contribution >= 0.6 is 0 Å². The number of ether oxygens (including phenoxy) is 1. The van der Waals surface area contributed by atoms with E-state index in [1.54, 1.807) is 25.4 Å². The summed E-state index contributed by atoms with van der Waals surface area (Å²) in [6, 6.07) is 3.15. The fourth-order valence-electron chi connectivity index (χ4n) is 2.32. The summed E-state index contributed by atoms with van der Waals surface area (Å²) in [6.07, 6.45) is 4.55. The fourth-order valence-corrected chi connectivity index (χ4v) is 3.70. The lowest BCUT2D eigenvalue weighted by atomic mass is 10.1. The van der Waals surface area contributed by atoms with Gasteiger partial charge in [-0.15, -0.1) is 0 Å². The summed E-state index contributed by atoms with van der Waals surface area (Å²) < 4.78 is 32.0. The van der Waals surface area contributed by atoms with E-state index in [1.807, 2.05) is 0 Å². The molecule has 0 radical (unpaired) electrons. The van der Waals surface area contributed by atoms with Crippen molar-refractivity contribution in [2.24, 2.45) is 5.73 Å². The molecular weight excluding hydrogens is 278 g/mol. The van der Waals surface area contributed by atoms with E-state index in [4.69, 9.17) is 10.5 Å². The van der Waals surface area contributed by atoms with Crippen molar-refractivity contribution in [3.8, 4) is 0 Å². The van der Waals surface area contributed by atoms with E-state index in [-0.39, 0.29) is 17.5 Å². The SMILES string of the molecule is CN(CC1CCCCO1)S(=O)(=O)c1cccnc1CN. The van der Waals surface area contributed by atoms with E-state index in [9.17, 15) is 8.42 Å². The van der Waals surface area contributed by atoms with Crippen molar-refractivity contribution >= 4 is 10.0 Å². The smallest absolute Gasteiger partial charge is 0.244 e. The first-order valence-corrected chi connectivity index (χ1v) is 8.21. The lowest BCUT2D eigenvalue weighted by Gasteiger charge is -2.27. The molecule has 1 aromatic heterocycles. The van der Waals surface area contributed by atoms with Gasteiger partial charge in [-0.1, -0.05) is 0 Å². The first-order chi connectivity index (χ1) is 9.55. The van der Waals surface area contributed by atoms with E-state index in [0.717, 1.165) is 19.3 Å². The first kappa shape index (κ1) is 15.4. The fraction of sp³-hybridized carbons (Fsp3) is 0.615. The Morgan fingerprint density at radius 3 is 2.95 bits per heavy atom. The van der Waals surface area contributed by atoms with Gasteiger partial charge in [0.15, 0.2) is 0 Å². The Kier molecular flexibility index (Phi) is 5.09. The van der Waals surface area contributed by atoms with Crippen LogP contribution in [0.3, 0.4) is 0 Å². The largest absolute Gasteiger partial charge is 0.377 e. The number of hydrogen-bond donors (Lipinski definition) is 1. The van der Waals surface area contributed by atoms with E-state index in [1.165, 1.54) is 4.31 Å². The zero-order chi connectivity index (χ0) is 14.6. The molecule has 2 N–H and O–H groups in total. The topological polar surface area (TPSA) is 85.5 Å². The normalized spacial score (nSPS) is 20.2. The van der Waals surface area contributed by atoms with E-state index < -0.39 is 10.0 Å². The predicted molar refractivity (Wildman–Crippen MR) is 75.5 cm³/mol. The molecule has 112 valence electrons. The van der Waals surface area contributed by atoms with Crippen molar-refractivity contribution in [1.29, 1.82) is 0 Å². The third kappa shape index (κ3) is 3.35. The molecule has 0 aliphatic carbocycles. The van der Waals surface area contributed by atoms with E-state index in [2.05, 4.69) is 4.98 Å². The molecule has 7 heteroatoms. The highest BCUT2D eigenvalue weighted by molar-refractivity contribution is 7.89. The van der Waals surface area contributed by atoms with Gasteiger partial charge in [-0.05, 0) is 31.4 Å². The Labute approximate surface area is 120 Å². The van der Waals surface area contributed by atoms with Crippen LogP contribution in [-0.2, 0) is 21.3 Å². The highest BCUT2D eigenvalue weighted by Gasteiger charge is 2.27. The second-order valence-corrected chi connectivity index (χ2v) is 6.94. The minimum absolute atomic E-state index is 0.0264. The third-order valence-electron chi connectivity index (χ3n) is 3.46. The second kappa shape index (κ2) is 6.62. The maximum Gasteiger partial charge on any atom is 0.244 e. The molecular formula is C13H21N3O3S. The first-order valence-electron chi connectivity index (χ1n) is 6.77. The molecule has 1 atom stereocenters. The van der Waals surface area contributed by atoms with Gasteiger partial charge in [0.2, 0.25) is 10.0 Å². The van der Waals surface area contributed by atoms with Gasteiger partial charge in [0.05, 0.1) is 11.8 Å². The summed E-state index contributed by atoms with van der Waals surface area (Å²) in [5.41, 5.74) is 5.95. The Morgan fingerprint density at radius 1 is 1.50 bits per heavy atom. The molecule has 1 aliphatic heterocycles.